The Morgan fingerprint density at radius 2 is 1.79 bits per heavy atom. The predicted octanol–water partition coefficient (Wildman–Crippen LogP) is 2.99. The fraction of sp³-hybridized carbons (Fsp3) is 1.00. The minimum absolute atomic E-state index is 0.161. The molecule has 1 atom stereocenters. The Hall–Kier alpha value is -0.0800. The van der Waals surface area contributed by atoms with Gasteiger partial charge >= 0.3 is 0 Å². The first kappa shape index (κ1) is 13.9. The highest BCUT2D eigenvalue weighted by Gasteiger charge is 2.04. The minimum atomic E-state index is -0.161. The van der Waals surface area contributed by atoms with Crippen molar-refractivity contribution in [2.75, 3.05) is 13.2 Å². The summed E-state index contributed by atoms with van der Waals surface area (Å²) in [5.41, 5.74) is 0. The van der Waals surface area contributed by atoms with Gasteiger partial charge in [-0.15, -0.1) is 0 Å². The third-order valence-corrected chi connectivity index (χ3v) is 2.26. The van der Waals surface area contributed by atoms with Crippen molar-refractivity contribution in [3.8, 4) is 0 Å². The maximum atomic E-state index is 9.58. The Morgan fingerprint density at radius 1 is 1.07 bits per heavy atom. The van der Waals surface area contributed by atoms with Gasteiger partial charge in [0.15, 0.2) is 0 Å². The third-order valence-electron chi connectivity index (χ3n) is 2.26. The summed E-state index contributed by atoms with van der Waals surface area (Å²) in [6, 6.07) is 0. The average Bonchev–Trinajstić information content (AvgIpc) is 2.12. The van der Waals surface area contributed by atoms with Crippen molar-refractivity contribution in [1.82, 2.24) is 0 Å². The predicted molar refractivity (Wildman–Crippen MR) is 60.4 cm³/mol. The van der Waals surface area contributed by atoms with Crippen molar-refractivity contribution in [1.29, 1.82) is 0 Å². The zero-order valence-corrected chi connectivity index (χ0v) is 9.96. The Labute approximate surface area is 88.7 Å². The van der Waals surface area contributed by atoms with E-state index in [-0.39, 0.29) is 6.10 Å². The second-order valence-corrected chi connectivity index (χ2v) is 4.38. The van der Waals surface area contributed by atoms with Crippen LogP contribution in [0.5, 0.6) is 0 Å². The van der Waals surface area contributed by atoms with Crippen LogP contribution in [-0.4, -0.2) is 24.4 Å². The lowest BCUT2D eigenvalue weighted by molar-refractivity contribution is 0.0768. The van der Waals surface area contributed by atoms with Crippen molar-refractivity contribution < 1.29 is 9.84 Å². The average molecular weight is 202 g/mol. The SMILES string of the molecule is CCCOCCC(O)CCCC(C)C. The Kier molecular flexibility index (Phi) is 9.42. The first-order valence-electron chi connectivity index (χ1n) is 5.92. The van der Waals surface area contributed by atoms with Crippen LogP contribution in [0.1, 0.15) is 52.9 Å². The lowest BCUT2D eigenvalue weighted by Gasteiger charge is -2.11. The first-order chi connectivity index (χ1) is 6.66. The molecule has 0 spiro atoms. The summed E-state index contributed by atoms with van der Waals surface area (Å²) in [6.07, 6.45) is 4.96. The summed E-state index contributed by atoms with van der Waals surface area (Å²) in [5, 5.41) is 9.58. The van der Waals surface area contributed by atoms with Gasteiger partial charge in [0, 0.05) is 13.2 Å². The molecule has 86 valence electrons. The zero-order chi connectivity index (χ0) is 10.8. The highest BCUT2D eigenvalue weighted by molar-refractivity contribution is 4.56. The highest BCUT2D eigenvalue weighted by atomic mass is 16.5. The molecule has 0 aliphatic rings. The largest absolute Gasteiger partial charge is 0.393 e. The van der Waals surface area contributed by atoms with Crippen LogP contribution in [-0.2, 0) is 4.74 Å². The molecule has 0 aromatic rings. The maximum Gasteiger partial charge on any atom is 0.0562 e. The van der Waals surface area contributed by atoms with Gasteiger partial charge in [-0.25, -0.2) is 0 Å². The molecular weight excluding hydrogens is 176 g/mol. The molecule has 2 nitrogen and oxygen atoms in total. The lowest BCUT2D eigenvalue weighted by atomic mass is 10.0. The van der Waals surface area contributed by atoms with E-state index < -0.39 is 0 Å². The molecule has 0 rings (SSSR count). The van der Waals surface area contributed by atoms with Gasteiger partial charge in [0.25, 0.3) is 0 Å². The first-order valence-corrected chi connectivity index (χ1v) is 5.92. The van der Waals surface area contributed by atoms with Crippen molar-refractivity contribution in [2.24, 2.45) is 5.92 Å². The Balaban J connectivity index is 3.15. The van der Waals surface area contributed by atoms with Gasteiger partial charge in [-0.1, -0.05) is 33.6 Å². The van der Waals surface area contributed by atoms with Gasteiger partial charge in [-0.3, -0.25) is 0 Å². The number of hydrogen-bond acceptors (Lipinski definition) is 2. The molecule has 0 saturated heterocycles. The van der Waals surface area contributed by atoms with Crippen LogP contribution < -0.4 is 0 Å². The maximum absolute atomic E-state index is 9.58. The molecule has 0 aromatic carbocycles. The Bertz CT molecular complexity index is 113. The van der Waals surface area contributed by atoms with Crippen LogP contribution in [0.3, 0.4) is 0 Å². The quantitative estimate of drug-likeness (QED) is 0.582. The zero-order valence-electron chi connectivity index (χ0n) is 9.96. The molecule has 1 unspecified atom stereocenters. The van der Waals surface area contributed by atoms with Crippen LogP contribution in [0.15, 0.2) is 0 Å². The fourth-order valence-corrected chi connectivity index (χ4v) is 1.37. The van der Waals surface area contributed by atoms with E-state index in [1.165, 1.54) is 6.42 Å². The summed E-state index contributed by atoms with van der Waals surface area (Å²) in [5.74, 6) is 0.749. The van der Waals surface area contributed by atoms with Crippen molar-refractivity contribution in [3.63, 3.8) is 0 Å². The van der Waals surface area contributed by atoms with E-state index in [1.54, 1.807) is 0 Å². The van der Waals surface area contributed by atoms with Gasteiger partial charge < -0.3 is 9.84 Å². The van der Waals surface area contributed by atoms with Gasteiger partial charge in [0.1, 0.15) is 0 Å². The molecule has 0 bridgehead atoms. The molecule has 0 amide bonds. The van der Waals surface area contributed by atoms with E-state index in [0.29, 0.717) is 6.61 Å². The molecule has 0 saturated carbocycles. The second-order valence-electron chi connectivity index (χ2n) is 4.38. The van der Waals surface area contributed by atoms with Crippen LogP contribution in [0.4, 0.5) is 0 Å². The third kappa shape index (κ3) is 10.0. The second kappa shape index (κ2) is 9.47. The van der Waals surface area contributed by atoms with E-state index in [0.717, 1.165) is 38.2 Å². The van der Waals surface area contributed by atoms with Gasteiger partial charge in [-0.2, -0.15) is 0 Å². The molecule has 14 heavy (non-hydrogen) atoms. The summed E-state index contributed by atoms with van der Waals surface area (Å²) in [6.45, 7) is 8.06. The van der Waals surface area contributed by atoms with Gasteiger partial charge in [0.2, 0.25) is 0 Å². The monoisotopic (exact) mass is 202 g/mol. The molecule has 0 fully saturated rings. The van der Waals surface area contributed by atoms with Gasteiger partial charge in [0.05, 0.1) is 6.10 Å². The van der Waals surface area contributed by atoms with Crippen molar-refractivity contribution in [3.05, 3.63) is 0 Å². The normalized spacial score (nSPS) is 13.5. The van der Waals surface area contributed by atoms with Crippen LogP contribution in [0, 0.1) is 5.92 Å². The van der Waals surface area contributed by atoms with E-state index in [4.69, 9.17) is 4.74 Å². The number of hydrogen-bond donors (Lipinski definition) is 1. The van der Waals surface area contributed by atoms with Crippen LogP contribution in [0.2, 0.25) is 0 Å². The lowest BCUT2D eigenvalue weighted by Crippen LogP contribution is -2.11. The standard InChI is InChI=1S/C12H26O2/c1-4-9-14-10-8-12(13)7-5-6-11(2)3/h11-13H,4-10H2,1-3H3. The summed E-state index contributed by atoms with van der Waals surface area (Å²) in [4.78, 5) is 0. The van der Waals surface area contributed by atoms with Crippen LogP contribution in [0.25, 0.3) is 0 Å². The molecular formula is C12H26O2. The Morgan fingerprint density at radius 3 is 2.36 bits per heavy atom. The number of ether oxygens (including phenoxy) is 1. The minimum Gasteiger partial charge on any atom is -0.393 e. The van der Waals surface area contributed by atoms with Crippen molar-refractivity contribution in [2.45, 2.75) is 59.0 Å². The number of aliphatic hydroxyl groups excluding tert-OH is 1. The molecule has 0 aliphatic heterocycles. The molecule has 0 radical (unpaired) electrons. The summed E-state index contributed by atoms with van der Waals surface area (Å²) < 4.78 is 5.32. The van der Waals surface area contributed by atoms with Gasteiger partial charge in [-0.05, 0) is 25.2 Å². The number of aliphatic hydroxyl groups is 1. The highest BCUT2D eigenvalue weighted by Crippen LogP contribution is 2.10. The van der Waals surface area contributed by atoms with E-state index in [1.807, 2.05) is 0 Å². The number of rotatable bonds is 9. The van der Waals surface area contributed by atoms with Crippen LogP contribution >= 0.6 is 0 Å². The van der Waals surface area contributed by atoms with Crippen molar-refractivity contribution >= 4 is 0 Å². The topological polar surface area (TPSA) is 29.5 Å². The fourth-order valence-electron chi connectivity index (χ4n) is 1.37. The molecule has 0 aromatic heterocycles. The molecule has 1 N–H and O–H groups in total. The summed E-state index contributed by atoms with van der Waals surface area (Å²) in [7, 11) is 0. The van der Waals surface area contributed by atoms with E-state index >= 15 is 0 Å². The van der Waals surface area contributed by atoms with E-state index in [9.17, 15) is 5.11 Å². The summed E-state index contributed by atoms with van der Waals surface area (Å²) >= 11 is 0. The smallest absolute Gasteiger partial charge is 0.0562 e. The molecule has 0 heterocycles. The molecule has 0 aliphatic carbocycles. The molecule has 2 heteroatoms. The van der Waals surface area contributed by atoms with E-state index in [2.05, 4.69) is 20.8 Å².